The van der Waals surface area contributed by atoms with Crippen molar-refractivity contribution in [2.24, 2.45) is 0 Å². The van der Waals surface area contributed by atoms with Crippen molar-refractivity contribution in [3.05, 3.63) is 0 Å². The second-order valence-electron chi connectivity index (χ2n) is 5.28. The van der Waals surface area contributed by atoms with Crippen LogP contribution in [0.5, 0.6) is 0 Å². The minimum atomic E-state index is -0.0205. The Balaban J connectivity index is 1.93. The van der Waals surface area contributed by atoms with Crippen LogP contribution in [0.1, 0.15) is 51.9 Å². The van der Waals surface area contributed by atoms with E-state index in [4.69, 9.17) is 0 Å². The molecule has 0 aromatic carbocycles. The molecule has 0 aromatic heterocycles. The summed E-state index contributed by atoms with van der Waals surface area (Å²) in [5, 5.41) is 9.52. The Bertz CT molecular complexity index is 179. The second-order valence-corrected chi connectivity index (χ2v) is 5.28. The first-order chi connectivity index (χ1) is 6.71. The van der Waals surface area contributed by atoms with Gasteiger partial charge in [-0.25, -0.2) is 0 Å². The lowest BCUT2D eigenvalue weighted by Gasteiger charge is -2.46. The minimum Gasteiger partial charge on any atom is -0.393 e. The molecule has 0 atom stereocenters. The summed E-state index contributed by atoms with van der Waals surface area (Å²) in [7, 11) is 0. The quantitative estimate of drug-likeness (QED) is 0.696. The summed E-state index contributed by atoms with van der Waals surface area (Å²) in [6.07, 6.45) is 8.53. The summed E-state index contributed by atoms with van der Waals surface area (Å²) in [5.41, 5.74) is 0.402. The first kappa shape index (κ1) is 10.4. The van der Waals surface area contributed by atoms with Crippen LogP contribution in [-0.2, 0) is 0 Å². The van der Waals surface area contributed by atoms with Gasteiger partial charge in [0.2, 0.25) is 0 Å². The molecule has 0 bridgehead atoms. The largest absolute Gasteiger partial charge is 0.393 e. The fourth-order valence-corrected chi connectivity index (χ4v) is 2.97. The Hall–Kier alpha value is -0.0800. The van der Waals surface area contributed by atoms with E-state index in [0.717, 1.165) is 12.8 Å². The summed E-state index contributed by atoms with van der Waals surface area (Å²) in [4.78, 5) is 2.67. The van der Waals surface area contributed by atoms with Crippen LogP contribution in [0.4, 0.5) is 0 Å². The molecule has 0 amide bonds. The Kier molecular flexibility index (Phi) is 3.13. The van der Waals surface area contributed by atoms with Gasteiger partial charge in [-0.05, 0) is 58.5 Å². The number of likely N-dealkylation sites (tertiary alicyclic amines) is 1. The molecule has 2 rings (SSSR count). The molecule has 2 heteroatoms. The van der Waals surface area contributed by atoms with Gasteiger partial charge in [0.15, 0.2) is 0 Å². The third-order valence-electron chi connectivity index (χ3n) is 4.15. The molecule has 0 unspecified atom stereocenters. The highest BCUT2D eigenvalue weighted by molar-refractivity contribution is 4.92. The molecule has 2 fully saturated rings. The summed E-state index contributed by atoms with van der Waals surface area (Å²) < 4.78 is 0. The molecule has 2 aliphatic rings. The van der Waals surface area contributed by atoms with E-state index in [1.165, 1.54) is 45.2 Å². The summed E-state index contributed by atoms with van der Waals surface area (Å²) >= 11 is 0. The fraction of sp³-hybridized carbons (Fsp3) is 1.00. The molecule has 1 aliphatic heterocycles. The van der Waals surface area contributed by atoms with Crippen molar-refractivity contribution < 1.29 is 5.11 Å². The third kappa shape index (κ3) is 2.12. The van der Waals surface area contributed by atoms with E-state index < -0.39 is 0 Å². The second kappa shape index (κ2) is 4.19. The molecule has 2 nitrogen and oxygen atoms in total. The lowest BCUT2D eigenvalue weighted by Crippen LogP contribution is -2.51. The molecule has 0 radical (unpaired) electrons. The number of hydrogen-bond donors (Lipinski definition) is 1. The van der Waals surface area contributed by atoms with E-state index in [-0.39, 0.29) is 6.10 Å². The SMILES string of the molecule is CC1(N2CCCCC2)CCC(O)CC1. The van der Waals surface area contributed by atoms with Crippen molar-refractivity contribution in [3.8, 4) is 0 Å². The van der Waals surface area contributed by atoms with Crippen LogP contribution < -0.4 is 0 Å². The molecule has 14 heavy (non-hydrogen) atoms. The van der Waals surface area contributed by atoms with Crippen molar-refractivity contribution in [2.75, 3.05) is 13.1 Å². The van der Waals surface area contributed by atoms with Gasteiger partial charge in [-0.1, -0.05) is 6.42 Å². The maximum absolute atomic E-state index is 9.52. The number of rotatable bonds is 1. The van der Waals surface area contributed by atoms with Gasteiger partial charge in [0.25, 0.3) is 0 Å². The average Bonchev–Trinajstić information content (AvgIpc) is 2.24. The van der Waals surface area contributed by atoms with Gasteiger partial charge >= 0.3 is 0 Å². The van der Waals surface area contributed by atoms with Crippen LogP contribution in [0, 0.1) is 0 Å². The summed E-state index contributed by atoms with van der Waals surface area (Å²) in [6.45, 7) is 4.96. The first-order valence-corrected chi connectivity index (χ1v) is 6.14. The van der Waals surface area contributed by atoms with E-state index in [1.807, 2.05) is 0 Å². The molecule has 0 aromatic rings. The van der Waals surface area contributed by atoms with Crippen molar-refractivity contribution in [3.63, 3.8) is 0 Å². The highest BCUT2D eigenvalue weighted by atomic mass is 16.3. The average molecular weight is 197 g/mol. The predicted molar refractivity (Wildman–Crippen MR) is 58.3 cm³/mol. The van der Waals surface area contributed by atoms with Gasteiger partial charge in [-0.3, -0.25) is 4.90 Å². The monoisotopic (exact) mass is 197 g/mol. The molecule has 1 N–H and O–H groups in total. The van der Waals surface area contributed by atoms with Gasteiger partial charge in [0, 0.05) is 5.54 Å². The maximum Gasteiger partial charge on any atom is 0.0541 e. The van der Waals surface area contributed by atoms with E-state index >= 15 is 0 Å². The zero-order valence-electron chi connectivity index (χ0n) is 9.34. The number of aliphatic hydroxyl groups is 1. The van der Waals surface area contributed by atoms with Crippen molar-refractivity contribution in [1.29, 1.82) is 0 Å². The first-order valence-electron chi connectivity index (χ1n) is 6.14. The highest BCUT2D eigenvalue weighted by Gasteiger charge is 2.35. The molecule has 1 saturated heterocycles. The predicted octanol–water partition coefficient (Wildman–Crippen LogP) is 2.17. The highest BCUT2D eigenvalue weighted by Crippen LogP contribution is 2.34. The normalized spacial score (nSPS) is 41.1. The summed E-state index contributed by atoms with van der Waals surface area (Å²) in [6, 6.07) is 0. The number of piperidine rings is 1. The number of nitrogens with zero attached hydrogens (tertiary/aromatic N) is 1. The van der Waals surface area contributed by atoms with Crippen LogP contribution in [0.15, 0.2) is 0 Å². The summed E-state index contributed by atoms with van der Waals surface area (Å²) in [5.74, 6) is 0. The third-order valence-corrected chi connectivity index (χ3v) is 4.15. The van der Waals surface area contributed by atoms with E-state index in [9.17, 15) is 5.11 Å². The lowest BCUT2D eigenvalue weighted by atomic mass is 9.79. The number of hydrogen-bond acceptors (Lipinski definition) is 2. The van der Waals surface area contributed by atoms with Crippen LogP contribution in [0.3, 0.4) is 0 Å². The number of aliphatic hydroxyl groups excluding tert-OH is 1. The Morgan fingerprint density at radius 3 is 2.21 bits per heavy atom. The van der Waals surface area contributed by atoms with Crippen LogP contribution >= 0.6 is 0 Å². The van der Waals surface area contributed by atoms with Gasteiger partial charge in [0.1, 0.15) is 0 Å². The molecular weight excluding hydrogens is 174 g/mol. The molecule has 1 saturated carbocycles. The Labute approximate surface area is 87.3 Å². The van der Waals surface area contributed by atoms with E-state index in [1.54, 1.807) is 0 Å². The van der Waals surface area contributed by atoms with Crippen molar-refractivity contribution in [2.45, 2.75) is 63.5 Å². The molecule has 82 valence electrons. The maximum atomic E-state index is 9.52. The van der Waals surface area contributed by atoms with Crippen LogP contribution in [-0.4, -0.2) is 34.7 Å². The zero-order chi connectivity index (χ0) is 10.0. The molecule has 1 heterocycles. The topological polar surface area (TPSA) is 23.5 Å². The smallest absolute Gasteiger partial charge is 0.0541 e. The zero-order valence-corrected chi connectivity index (χ0v) is 9.34. The van der Waals surface area contributed by atoms with E-state index in [2.05, 4.69) is 11.8 Å². The van der Waals surface area contributed by atoms with Gasteiger partial charge in [-0.2, -0.15) is 0 Å². The minimum absolute atomic E-state index is 0.0205. The molecule has 1 aliphatic carbocycles. The molecular formula is C12H23NO. The Morgan fingerprint density at radius 1 is 1.07 bits per heavy atom. The van der Waals surface area contributed by atoms with E-state index in [0.29, 0.717) is 5.54 Å². The van der Waals surface area contributed by atoms with Gasteiger partial charge in [-0.15, -0.1) is 0 Å². The van der Waals surface area contributed by atoms with Gasteiger partial charge < -0.3 is 5.11 Å². The molecule has 0 spiro atoms. The van der Waals surface area contributed by atoms with Crippen molar-refractivity contribution in [1.82, 2.24) is 4.90 Å². The van der Waals surface area contributed by atoms with Crippen LogP contribution in [0.2, 0.25) is 0 Å². The van der Waals surface area contributed by atoms with Crippen LogP contribution in [0.25, 0.3) is 0 Å². The van der Waals surface area contributed by atoms with Gasteiger partial charge in [0.05, 0.1) is 6.10 Å². The standard InChI is InChI=1S/C12H23NO/c1-12(7-5-11(14)6-8-12)13-9-3-2-4-10-13/h11,14H,2-10H2,1H3. The fourth-order valence-electron chi connectivity index (χ4n) is 2.97. The Morgan fingerprint density at radius 2 is 1.64 bits per heavy atom. The lowest BCUT2D eigenvalue weighted by molar-refractivity contribution is 0.00732. The van der Waals surface area contributed by atoms with Crippen molar-refractivity contribution >= 4 is 0 Å².